The lowest BCUT2D eigenvalue weighted by atomic mass is 10.2. The highest BCUT2D eigenvalue weighted by Crippen LogP contribution is 2.37. The first kappa shape index (κ1) is 20.1. The van der Waals surface area contributed by atoms with E-state index in [0.717, 1.165) is 6.07 Å². The van der Waals surface area contributed by atoms with Crippen molar-refractivity contribution in [2.75, 3.05) is 10.6 Å². The Bertz CT molecular complexity index is 789. The van der Waals surface area contributed by atoms with Crippen molar-refractivity contribution in [3.05, 3.63) is 40.5 Å². The van der Waals surface area contributed by atoms with Gasteiger partial charge in [0.2, 0.25) is 5.95 Å². The fourth-order valence-corrected chi connectivity index (χ4v) is 2.17. The number of nitrogens with zero attached hydrogens (tertiary/aromatic N) is 2. The smallest absolute Gasteiger partial charge is 0.352 e. The third kappa shape index (κ3) is 5.13. The Morgan fingerprint density at radius 3 is 2.15 bits per heavy atom. The van der Waals surface area contributed by atoms with E-state index in [4.69, 9.17) is 11.6 Å². The van der Waals surface area contributed by atoms with E-state index >= 15 is 0 Å². The van der Waals surface area contributed by atoms with Crippen molar-refractivity contribution < 1.29 is 26.3 Å². The van der Waals surface area contributed by atoms with Crippen molar-refractivity contribution in [1.29, 1.82) is 0 Å². The molecule has 0 fully saturated rings. The molecule has 0 radical (unpaired) electrons. The number of alkyl halides is 6. The van der Waals surface area contributed by atoms with Gasteiger partial charge in [0.25, 0.3) is 0 Å². The highest BCUT2D eigenvalue weighted by Gasteiger charge is 2.35. The highest BCUT2D eigenvalue weighted by molar-refractivity contribution is 6.31. The molecule has 26 heavy (non-hydrogen) atoms. The van der Waals surface area contributed by atoms with Gasteiger partial charge in [0.15, 0.2) is 5.69 Å². The van der Waals surface area contributed by atoms with Gasteiger partial charge in [-0.15, -0.1) is 0 Å². The van der Waals surface area contributed by atoms with Crippen molar-refractivity contribution in [2.45, 2.75) is 32.2 Å². The van der Waals surface area contributed by atoms with E-state index in [2.05, 4.69) is 20.6 Å². The molecule has 0 amide bonds. The monoisotopic (exact) mass is 398 g/mol. The molecule has 1 aromatic heterocycles. The fourth-order valence-electron chi connectivity index (χ4n) is 1.95. The van der Waals surface area contributed by atoms with Gasteiger partial charge >= 0.3 is 12.4 Å². The summed E-state index contributed by atoms with van der Waals surface area (Å²) in [5.74, 6) is -0.617. The molecule has 0 saturated heterocycles. The van der Waals surface area contributed by atoms with Gasteiger partial charge in [0.1, 0.15) is 5.82 Å². The second-order valence-corrected chi connectivity index (χ2v) is 5.98. The molecule has 0 atom stereocenters. The molecule has 142 valence electrons. The van der Waals surface area contributed by atoms with Crippen LogP contribution >= 0.6 is 11.6 Å². The molecule has 0 saturated carbocycles. The Hall–Kier alpha value is -2.23. The summed E-state index contributed by atoms with van der Waals surface area (Å²) in [4.78, 5) is 7.22. The molecule has 0 bridgehead atoms. The zero-order chi connectivity index (χ0) is 19.7. The third-order valence-corrected chi connectivity index (χ3v) is 3.31. The van der Waals surface area contributed by atoms with Gasteiger partial charge < -0.3 is 10.6 Å². The number of aromatic nitrogens is 2. The van der Waals surface area contributed by atoms with E-state index in [1.54, 1.807) is 13.8 Å². The maximum absolute atomic E-state index is 13.0. The Morgan fingerprint density at radius 1 is 0.962 bits per heavy atom. The minimum absolute atomic E-state index is 0.121. The van der Waals surface area contributed by atoms with Gasteiger partial charge in [0.05, 0.1) is 10.6 Å². The Labute approximate surface area is 149 Å². The normalized spacial score (nSPS) is 12.4. The van der Waals surface area contributed by atoms with Gasteiger partial charge in [-0.1, -0.05) is 11.6 Å². The Kier molecular flexibility index (Phi) is 5.55. The van der Waals surface area contributed by atoms with Crippen LogP contribution in [0.4, 0.5) is 43.8 Å². The quantitative estimate of drug-likeness (QED) is 0.646. The van der Waals surface area contributed by atoms with Crippen LogP contribution in [0.1, 0.15) is 25.1 Å². The molecule has 1 heterocycles. The van der Waals surface area contributed by atoms with Crippen LogP contribution in [0.25, 0.3) is 0 Å². The maximum atomic E-state index is 13.0. The zero-order valence-electron chi connectivity index (χ0n) is 13.4. The van der Waals surface area contributed by atoms with Gasteiger partial charge in [-0.05, 0) is 32.0 Å². The van der Waals surface area contributed by atoms with Crippen LogP contribution in [0.5, 0.6) is 0 Å². The molecule has 0 aliphatic heterocycles. The summed E-state index contributed by atoms with van der Waals surface area (Å²) in [5.41, 5.74) is -2.47. The topological polar surface area (TPSA) is 49.8 Å². The zero-order valence-corrected chi connectivity index (χ0v) is 14.2. The first-order chi connectivity index (χ1) is 11.9. The predicted molar refractivity (Wildman–Crippen MR) is 85.5 cm³/mol. The van der Waals surface area contributed by atoms with E-state index in [9.17, 15) is 26.3 Å². The van der Waals surface area contributed by atoms with Crippen LogP contribution in [-0.2, 0) is 12.4 Å². The first-order valence-corrected chi connectivity index (χ1v) is 7.60. The molecule has 1 aromatic carbocycles. The van der Waals surface area contributed by atoms with E-state index in [1.807, 2.05) is 0 Å². The average molecular weight is 399 g/mol. The van der Waals surface area contributed by atoms with E-state index in [0.29, 0.717) is 12.1 Å². The minimum atomic E-state index is -4.75. The van der Waals surface area contributed by atoms with E-state index < -0.39 is 28.6 Å². The van der Waals surface area contributed by atoms with Gasteiger partial charge in [0, 0.05) is 17.8 Å². The first-order valence-electron chi connectivity index (χ1n) is 7.23. The Balaban J connectivity index is 2.42. The van der Waals surface area contributed by atoms with Crippen LogP contribution < -0.4 is 10.6 Å². The van der Waals surface area contributed by atoms with Crippen LogP contribution in [0.2, 0.25) is 5.02 Å². The third-order valence-electron chi connectivity index (χ3n) is 2.98. The average Bonchev–Trinajstić information content (AvgIpc) is 2.46. The lowest BCUT2D eigenvalue weighted by Crippen LogP contribution is -2.17. The number of benzene rings is 1. The van der Waals surface area contributed by atoms with E-state index in [1.165, 1.54) is 6.07 Å². The molecule has 0 aliphatic rings. The SMILES string of the molecule is CC(C)Nc1nc(Nc2ccc(Cl)c(C(F)(F)F)c2)cc(C(F)(F)F)n1. The van der Waals surface area contributed by atoms with Crippen LogP contribution in [0, 0.1) is 0 Å². The van der Waals surface area contributed by atoms with Crippen LogP contribution in [-0.4, -0.2) is 16.0 Å². The molecule has 2 aromatic rings. The summed E-state index contributed by atoms with van der Waals surface area (Å²) >= 11 is 5.52. The van der Waals surface area contributed by atoms with Crippen molar-refractivity contribution >= 4 is 29.1 Å². The maximum Gasteiger partial charge on any atom is 0.433 e. The number of halogens is 7. The van der Waals surface area contributed by atoms with Gasteiger partial charge in [-0.2, -0.15) is 31.3 Å². The lowest BCUT2D eigenvalue weighted by Gasteiger charge is -2.15. The molecule has 0 unspecified atom stereocenters. The summed E-state index contributed by atoms with van der Waals surface area (Å²) in [6, 6.07) is 3.23. The number of rotatable bonds is 4. The molecular weight excluding hydrogens is 386 g/mol. The van der Waals surface area contributed by atoms with Gasteiger partial charge in [-0.25, -0.2) is 4.98 Å². The van der Waals surface area contributed by atoms with Crippen molar-refractivity contribution in [1.82, 2.24) is 9.97 Å². The molecule has 0 spiro atoms. The predicted octanol–water partition coefficient (Wildman–Crippen LogP) is 5.73. The minimum Gasteiger partial charge on any atom is -0.352 e. The molecule has 11 heteroatoms. The summed E-state index contributed by atoms with van der Waals surface area (Å²) in [5, 5.41) is 4.52. The highest BCUT2D eigenvalue weighted by atomic mass is 35.5. The van der Waals surface area contributed by atoms with E-state index in [-0.39, 0.29) is 23.5 Å². The molecule has 2 rings (SSSR count). The second kappa shape index (κ2) is 7.18. The van der Waals surface area contributed by atoms with Crippen LogP contribution in [0.3, 0.4) is 0 Å². The summed E-state index contributed by atoms with van der Waals surface area (Å²) in [6.45, 7) is 3.34. The molecule has 4 nitrogen and oxygen atoms in total. The number of anilines is 3. The number of hydrogen-bond acceptors (Lipinski definition) is 4. The van der Waals surface area contributed by atoms with Crippen molar-refractivity contribution in [3.8, 4) is 0 Å². The fraction of sp³-hybridized carbons (Fsp3) is 0.333. The standard InChI is InChI=1S/C15H13ClF6N4/c1-7(2)23-13-25-11(15(20,21)22)6-12(26-13)24-8-3-4-10(16)9(5-8)14(17,18)19/h3-7H,1-2H3,(H2,23,24,25,26). The Morgan fingerprint density at radius 2 is 1.62 bits per heavy atom. The largest absolute Gasteiger partial charge is 0.433 e. The number of nitrogens with one attached hydrogen (secondary N) is 2. The van der Waals surface area contributed by atoms with Crippen molar-refractivity contribution in [2.24, 2.45) is 0 Å². The lowest BCUT2D eigenvalue weighted by molar-refractivity contribution is -0.141. The second-order valence-electron chi connectivity index (χ2n) is 5.58. The number of hydrogen-bond donors (Lipinski definition) is 2. The van der Waals surface area contributed by atoms with Gasteiger partial charge in [-0.3, -0.25) is 0 Å². The summed E-state index contributed by atoms with van der Waals surface area (Å²) in [7, 11) is 0. The van der Waals surface area contributed by atoms with Crippen LogP contribution in [0.15, 0.2) is 24.3 Å². The molecular formula is C15H13ClF6N4. The van der Waals surface area contributed by atoms with Crippen molar-refractivity contribution in [3.63, 3.8) is 0 Å². The summed E-state index contributed by atoms with van der Waals surface area (Å²) in [6.07, 6.45) is -9.45. The summed E-state index contributed by atoms with van der Waals surface area (Å²) < 4.78 is 77.7. The molecule has 0 aliphatic carbocycles. The molecule has 2 N–H and O–H groups in total.